The lowest BCUT2D eigenvalue weighted by Crippen LogP contribution is -2.31. The van der Waals surface area contributed by atoms with Gasteiger partial charge in [0.05, 0.1) is 28.1 Å². The maximum absolute atomic E-state index is 13.0. The van der Waals surface area contributed by atoms with Crippen LogP contribution in [0.15, 0.2) is 72.8 Å². The van der Waals surface area contributed by atoms with Crippen molar-refractivity contribution in [3.63, 3.8) is 0 Å². The van der Waals surface area contributed by atoms with E-state index < -0.39 is 0 Å². The fraction of sp³-hybridized carbons (Fsp3) is 0.125. The van der Waals surface area contributed by atoms with Gasteiger partial charge in [0.1, 0.15) is 11.6 Å². The number of nitrogens with zero attached hydrogens (tertiary/aromatic N) is 2. The highest BCUT2D eigenvalue weighted by molar-refractivity contribution is 5.95. The van der Waals surface area contributed by atoms with Crippen LogP contribution in [-0.4, -0.2) is 25.8 Å². The molecular weight excluding hydrogens is 374 g/mol. The van der Waals surface area contributed by atoms with Gasteiger partial charge < -0.3 is 15.3 Å². The zero-order valence-corrected chi connectivity index (χ0v) is 16.5. The normalized spacial score (nSPS) is 12.3. The van der Waals surface area contributed by atoms with E-state index in [4.69, 9.17) is 4.98 Å². The van der Waals surface area contributed by atoms with Gasteiger partial charge in [-0.05, 0) is 42.8 Å². The molecule has 6 heteroatoms. The average molecular weight is 395 g/mol. The van der Waals surface area contributed by atoms with E-state index >= 15 is 0 Å². The molecule has 0 spiro atoms. The van der Waals surface area contributed by atoms with Crippen molar-refractivity contribution in [3.05, 3.63) is 95.6 Å². The number of hydrogen-bond acceptors (Lipinski definition) is 3. The van der Waals surface area contributed by atoms with E-state index in [0.717, 1.165) is 33.5 Å². The van der Waals surface area contributed by atoms with Gasteiger partial charge in [0.25, 0.3) is 5.91 Å². The Labute approximate surface area is 173 Å². The van der Waals surface area contributed by atoms with E-state index in [9.17, 15) is 4.79 Å². The molecule has 0 bridgehead atoms. The number of amides is 1. The lowest BCUT2D eigenvalue weighted by Gasteiger charge is -2.16. The highest BCUT2D eigenvalue weighted by atomic mass is 16.1. The number of aromatic amines is 2. The number of aryl methyl sites for hydroxylation is 1. The summed E-state index contributed by atoms with van der Waals surface area (Å²) in [6.07, 6.45) is 0.492. The van der Waals surface area contributed by atoms with Crippen LogP contribution in [0.25, 0.3) is 22.1 Å². The van der Waals surface area contributed by atoms with Gasteiger partial charge in [0, 0.05) is 12.0 Å². The fourth-order valence-electron chi connectivity index (χ4n) is 3.71. The molecule has 0 radical (unpaired) electrons. The van der Waals surface area contributed by atoms with E-state index in [-0.39, 0.29) is 11.9 Å². The van der Waals surface area contributed by atoms with Crippen LogP contribution in [-0.2, 0) is 6.42 Å². The molecule has 5 rings (SSSR count). The summed E-state index contributed by atoms with van der Waals surface area (Å²) in [6.45, 7) is 1.93. The Hall–Kier alpha value is -3.93. The number of carbonyl (C=O) groups excluding carboxylic acids is 1. The minimum Gasteiger partial charge on any atom is -0.342 e. The largest absolute Gasteiger partial charge is 0.342 e. The zero-order valence-electron chi connectivity index (χ0n) is 16.5. The molecule has 0 saturated heterocycles. The summed E-state index contributed by atoms with van der Waals surface area (Å²) >= 11 is 0. The second kappa shape index (κ2) is 7.48. The van der Waals surface area contributed by atoms with E-state index in [2.05, 4.69) is 20.3 Å². The molecule has 0 aliphatic carbocycles. The third-order valence-corrected chi connectivity index (χ3v) is 5.27. The molecule has 0 saturated carbocycles. The maximum atomic E-state index is 13.0. The predicted molar refractivity (Wildman–Crippen MR) is 117 cm³/mol. The molecule has 3 N–H and O–H groups in total. The van der Waals surface area contributed by atoms with Crippen LogP contribution in [0.1, 0.15) is 33.6 Å². The summed E-state index contributed by atoms with van der Waals surface area (Å²) in [5.74, 6) is 1.37. The smallest absolute Gasteiger partial charge is 0.252 e. The number of para-hydroxylation sites is 4. The molecule has 6 nitrogen and oxygen atoms in total. The summed E-state index contributed by atoms with van der Waals surface area (Å²) in [5.41, 5.74) is 5.27. The summed E-state index contributed by atoms with van der Waals surface area (Å²) < 4.78 is 0. The SMILES string of the molecule is Cc1ccccc1C(=O)NC(Cc1nc2ccccc2[nH]1)c1nc2ccccc2[nH]1. The lowest BCUT2D eigenvalue weighted by atomic mass is 10.1. The van der Waals surface area contributed by atoms with Crippen molar-refractivity contribution in [1.82, 2.24) is 25.3 Å². The van der Waals surface area contributed by atoms with Gasteiger partial charge in [-0.15, -0.1) is 0 Å². The molecule has 5 aromatic rings. The van der Waals surface area contributed by atoms with Crippen molar-refractivity contribution >= 4 is 28.0 Å². The third kappa shape index (κ3) is 3.43. The molecule has 1 atom stereocenters. The first kappa shape index (κ1) is 18.1. The quantitative estimate of drug-likeness (QED) is 0.411. The van der Waals surface area contributed by atoms with Crippen molar-refractivity contribution in [1.29, 1.82) is 0 Å². The number of hydrogen-bond donors (Lipinski definition) is 3. The van der Waals surface area contributed by atoms with Crippen molar-refractivity contribution in [3.8, 4) is 0 Å². The number of rotatable bonds is 5. The first-order chi connectivity index (χ1) is 14.7. The number of aromatic nitrogens is 4. The molecule has 148 valence electrons. The highest BCUT2D eigenvalue weighted by Crippen LogP contribution is 2.21. The Bertz CT molecular complexity index is 1280. The molecule has 0 fully saturated rings. The van der Waals surface area contributed by atoms with Gasteiger partial charge in [-0.25, -0.2) is 9.97 Å². The highest BCUT2D eigenvalue weighted by Gasteiger charge is 2.22. The Kier molecular flexibility index (Phi) is 4.52. The van der Waals surface area contributed by atoms with Crippen molar-refractivity contribution in [2.45, 2.75) is 19.4 Å². The molecule has 1 amide bonds. The van der Waals surface area contributed by atoms with Crippen LogP contribution in [0.2, 0.25) is 0 Å². The van der Waals surface area contributed by atoms with E-state index in [1.54, 1.807) is 0 Å². The van der Waals surface area contributed by atoms with Gasteiger partial charge >= 0.3 is 0 Å². The topological polar surface area (TPSA) is 86.5 Å². The van der Waals surface area contributed by atoms with Gasteiger partial charge in [0.15, 0.2) is 0 Å². The predicted octanol–water partition coefficient (Wildman–Crippen LogP) is 4.46. The van der Waals surface area contributed by atoms with Gasteiger partial charge in [-0.1, -0.05) is 42.5 Å². The Balaban J connectivity index is 1.51. The summed E-state index contributed by atoms with van der Waals surface area (Å²) in [5, 5.41) is 3.15. The summed E-state index contributed by atoms with van der Waals surface area (Å²) in [6, 6.07) is 23.0. The number of fused-ring (bicyclic) bond motifs is 2. The van der Waals surface area contributed by atoms with Crippen molar-refractivity contribution < 1.29 is 4.79 Å². The van der Waals surface area contributed by atoms with Crippen molar-refractivity contribution in [2.75, 3.05) is 0 Å². The standard InChI is InChI=1S/C24H21N5O/c1-15-8-2-3-9-16(15)24(30)29-21(23-27-19-12-6-7-13-20(19)28-23)14-22-25-17-10-4-5-11-18(17)26-22/h2-13,21H,14H2,1H3,(H,25,26)(H,27,28)(H,29,30). The monoisotopic (exact) mass is 395 g/mol. The third-order valence-electron chi connectivity index (χ3n) is 5.27. The number of benzene rings is 3. The van der Waals surface area contributed by atoms with E-state index in [0.29, 0.717) is 17.8 Å². The van der Waals surface area contributed by atoms with Crippen LogP contribution in [0, 0.1) is 6.92 Å². The van der Waals surface area contributed by atoms with Crippen LogP contribution >= 0.6 is 0 Å². The molecule has 30 heavy (non-hydrogen) atoms. The summed E-state index contributed by atoms with van der Waals surface area (Å²) in [7, 11) is 0. The minimum absolute atomic E-state index is 0.130. The second-order valence-electron chi connectivity index (χ2n) is 7.38. The number of nitrogens with one attached hydrogen (secondary N) is 3. The zero-order chi connectivity index (χ0) is 20.5. The molecule has 3 aromatic carbocycles. The van der Waals surface area contributed by atoms with Crippen LogP contribution in [0.3, 0.4) is 0 Å². The van der Waals surface area contributed by atoms with Crippen molar-refractivity contribution in [2.24, 2.45) is 0 Å². The van der Waals surface area contributed by atoms with Crippen LogP contribution in [0.5, 0.6) is 0 Å². The average Bonchev–Trinajstić information content (AvgIpc) is 3.37. The first-order valence-corrected chi connectivity index (χ1v) is 9.92. The molecule has 0 aliphatic heterocycles. The maximum Gasteiger partial charge on any atom is 0.252 e. The second-order valence-corrected chi connectivity index (χ2v) is 7.38. The first-order valence-electron chi connectivity index (χ1n) is 9.92. The molecule has 1 unspecified atom stereocenters. The fourth-order valence-corrected chi connectivity index (χ4v) is 3.71. The minimum atomic E-state index is -0.356. The number of imidazole rings is 2. The number of H-pyrrole nitrogens is 2. The Morgan fingerprint density at radius 3 is 2.20 bits per heavy atom. The van der Waals surface area contributed by atoms with E-state index in [1.165, 1.54) is 0 Å². The molecular formula is C24H21N5O. The molecule has 2 heterocycles. The van der Waals surface area contributed by atoms with E-state index in [1.807, 2.05) is 79.7 Å². The van der Waals surface area contributed by atoms with Gasteiger partial charge in [-0.2, -0.15) is 0 Å². The Morgan fingerprint density at radius 2 is 1.50 bits per heavy atom. The van der Waals surface area contributed by atoms with Gasteiger partial charge in [0.2, 0.25) is 0 Å². The van der Waals surface area contributed by atoms with Gasteiger partial charge in [-0.3, -0.25) is 4.79 Å². The summed E-state index contributed by atoms with van der Waals surface area (Å²) in [4.78, 5) is 29.1. The molecule has 2 aromatic heterocycles. The number of carbonyl (C=O) groups is 1. The molecule has 0 aliphatic rings. The van der Waals surface area contributed by atoms with Crippen LogP contribution in [0.4, 0.5) is 0 Å². The Morgan fingerprint density at radius 1 is 0.867 bits per heavy atom. The van der Waals surface area contributed by atoms with Crippen LogP contribution < -0.4 is 5.32 Å². The lowest BCUT2D eigenvalue weighted by molar-refractivity contribution is 0.0934.